The van der Waals surface area contributed by atoms with Gasteiger partial charge in [0.25, 0.3) is 0 Å². The Hall–Kier alpha value is -0.650. The first kappa shape index (κ1) is 13.3. The Morgan fingerprint density at radius 1 is 1.21 bits per heavy atom. The number of fused-ring (bicyclic) bond motifs is 2. The summed E-state index contributed by atoms with van der Waals surface area (Å²) >= 11 is 0. The Balaban J connectivity index is 1.53. The molecule has 0 aromatic carbocycles. The maximum atomic E-state index is 12.3. The molecule has 2 heterocycles. The van der Waals surface area contributed by atoms with Crippen molar-refractivity contribution >= 4 is 5.91 Å². The summed E-state index contributed by atoms with van der Waals surface area (Å²) in [6, 6.07) is 0. The highest BCUT2D eigenvalue weighted by Gasteiger charge is 2.39. The molecule has 5 heteroatoms. The minimum absolute atomic E-state index is 0.188. The van der Waals surface area contributed by atoms with Crippen LogP contribution in [0.3, 0.4) is 0 Å². The van der Waals surface area contributed by atoms with Crippen molar-refractivity contribution in [3.05, 3.63) is 0 Å². The molecule has 0 radical (unpaired) electrons. The van der Waals surface area contributed by atoms with E-state index in [0.29, 0.717) is 11.8 Å². The lowest BCUT2D eigenvalue weighted by Crippen LogP contribution is -2.61. The van der Waals surface area contributed by atoms with Crippen molar-refractivity contribution in [2.24, 2.45) is 5.92 Å². The van der Waals surface area contributed by atoms with Crippen LogP contribution in [0.4, 0.5) is 0 Å². The molecular formula is C14H24N2O3. The van der Waals surface area contributed by atoms with Crippen LogP contribution in [0.25, 0.3) is 0 Å². The first-order valence-electron chi connectivity index (χ1n) is 7.42. The lowest BCUT2D eigenvalue weighted by molar-refractivity contribution is -0.166. The van der Waals surface area contributed by atoms with E-state index in [-0.39, 0.29) is 12.2 Å². The molecule has 108 valence electrons. The third-order valence-electron chi connectivity index (χ3n) is 4.53. The zero-order valence-electron chi connectivity index (χ0n) is 11.7. The van der Waals surface area contributed by atoms with Gasteiger partial charge in [0.15, 0.2) is 0 Å². The Kier molecular flexibility index (Phi) is 4.05. The van der Waals surface area contributed by atoms with Crippen LogP contribution in [-0.4, -0.2) is 74.4 Å². The molecule has 2 aliphatic heterocycles. The third-order valence-corrected chi connectivity index (χ3v) is 4.53. The normalized spacial score (nSPS) is 32.2. The minimum atomic E-state index is 0.188. The second-order valence-electron chi connectivity index (χ2n) is 6.00. The molecule has 1 aliphatic carbocycles. The van der Waals surface area contributed by atoms with Gasteiger partial charge in [-0.05, 0) is 12.8 Å². The molecule has 0 spiro atoms. The number of ether oxygens (including phenoxy) is 2. The highest BCUT2D eigenvalue weighted by Crippen LogP contribution is 2.30. The summed E-state index contributed by atoms with van der Waals surface area (Å²) < 4.78 is 11.1. The zero-order chi connectivity index (χ0) is 13.2. The predicted octanol–water partition coefficient (Wildman–Crippen LogP) is 0.345. The first-order valence-corrected chi connectivity index (χ1v) is 7.42. The summed E-state index contributed by atoms with van der Waals surface area (Å²) in [5, 5.41) is 0. The second kappa shape index (κ2) is 5.77. The molecule has 1 saturated carbocycles. The summed E-state index contributed by atoms with van der Waals surface area (Å²) in [6.45, 7) is 5.13. The SMILES string of the molecule is COCCN1CC2CN(C(=O)C3CCC3)CC(C1)O2. The van der Waals surface area contributed by atoms with Crippen molar-refractivity contribution in [1.82, 2.24) is 9.80 Å². The van der Waals surface area contributed by atoms with Gasteiger partial charge in [0.05, 0.1) is 18.8 Å². The van der Waals surface area contributed by atoms with Crippen LogP contribution >= 0.6 is 0 Å². The van der Waals surface area contributed by atoms with Crippen LogP contribution in [-0.2, 0) is 14.3 Å². The number of nitrogens with zero attached hydrogens (tertiary/aromatic N) is 2. The topological polar surface area (TPSA) is 42.0 Å². The average Bonchev–Trinajstić information content (AvgIpc) is 2.33. The van der Waals surface area contributed by atoms with Gasteiger partial charge in [-0.3, -0.25) is 9.69 Å². The number of amides is 1. The lowest BCUT2D eigenvalue weighted by Gasteiger charge is -2.47. The fraction of sp³-hybridized carbons (Fsp3) is 0.929. The Labute approximate surface area is 114 Å². The van der Waals surface area contributed by atoms with Gasteiger partial charge in [0.2, 0.25) is 5.91 Å². The Bertz CT molecular complexity index is 319. The van der Waals surface area contributed by atoms with Crippen LogP contribution in [0.5, 0.6) is 0 Å². The molecule has 3 aliphatic rings. The zero-order valence-corrected chi connectivity index (χ0v) is 11.7. The van der Waals surface area contributed by atoms with Gasteiger partial charge in [-0.2, -0.15) is 0 Å². The molecule has 1 amide bonds. The van der Waals surface area contributed by atoms with E-state index >= 15 is 0 Å². The van der Waals surface area contributed by atoms with E-state index in [1.165, 1.54) is 6.42 Å². The molecule has 3 rings (SSSR count). The molecular weight excluding hydrogens is 244 g/mol. The van der Waals surface area contributed by atoms with E-state index in [1.807, 2.05) is 0 Å². The van der Waals surface area contributed by atoms with Crippen molar-refractivity contribution in [1.29, 1.82) is 0 Å². The molecule has 0 aromatic heterocycles. The second-order valence-corrected chi connectivity index (χ2v) is 6.00. The highest BCUT2D eigenvalue weighted by molar-refractivity contribution is 5.79. The largest absolute Gasteiger partial charge is 0.383 e. The van der Waals surface area contributed by atoms with Crippen LogP contribution in [0.15, 0.2) is 0 Å². The van der Waals surface area contributed by atoms with Crippen molar-refractivity contribution < 1.29 is 14.3 Å². The van der Waals surface area contributed by atoms with Gasteiger partial charge in [-0.25, -0.2) is 0 Å². The number of morpholine rings is 2. The Morgan fingerprint density at radius 3 is 2.42 bits per heavy atom. The summed E-state index contributed by atoms with van der Waals surface area (Å²) in [4.78, 5) is 16.8. The molecule has 3 fully saturated rings. The van der Waals surface area contributed by atoms with Crippen LogP contribution in [0.2, 0.25) is 0 Å². The van der Waals surface area contributed by atoms with Crippen molar-refractivity contribution in [2.45, 2.75) is 31.5 Å². The molecule has 2 unspecified atom stereocenters. The van der Waals surface area contributed by atoms with E-state index in [1.54, 1.807) is 7.11 Å². The number of methoxy groups -OCH3 is 1. The van der Waals surface area contributed by atoms with Gasteiger partial charge in [0.1, 0.15) is 0 Å². The maximum absolute atomic E-state index is 12.3. The van der Waals surface area contributed by atoms with E-state index in [4.69, 9.17) is 9.47 Å². The highest BCUT2D eigenvalue weighted by atomic mass is 16.5. The Morgan fingerprint density at radius 2 is 1.89 bits per heavy atom. The van der Waals surface area contributed by atoms with Gasteiger partial charge in [0, 0.05) is 45.8 Å². The first-order chi connectivity index (χ1) is 9.26. The van der Waals surface area contributed by atoms with Crippen molar-refractivity contribution in [2.75, 3.05) is 46.4 Å². The molecule has 2 bridgehead atoms. The number of hydrogen-bond donors (Lipinski definition) is 0. The van der Waals surface area contributed by atoms with Crippen molar-refractivity contribution in [3.63, 3.8) is 0 Å². The number of carbonyl (C=O) groups excluding carboxylic acids is 1. The molecule has 19 heavy (non-hydrogen) atoms. The average molecular weight is 268 g/mol. The van der Waals surface area contributed by atoms with Crippen LogP contribution < -0.4 is 0 Å². The molecule has 5 nitrogen and oxygen atoms in total. The van der Waals surface area contributed by atoms with E-state index in [9.17, 15) is 4.79 Å². The molecule has 2 saturated heterocycles. The quantitative estimate of drug-likeness (QED) is 0.737. The van der Waals surface area contributed by atoms with E-state index in [0.717, 1.165) is 52.2 Å². The number of rotatable bonds is 4. The molecule has 0 N–H and O–H groups in total. The van der Waals surface area contributed by atoms with Crippen LogP contribution in [0, 0.1) is 5.92 Å². The third kappa shape index (κ3) is 2.93. The van der Waals surface area contributed by atoms with Gasteiger partial charge >= 0.3 is 0 Å². The monoisotopic (exact) mass is 268 g/mol. The fourth-order valence-electron chi connectivity index (χ4n) is 3.27. The summed E-state index contributed by atoms with van der Waals surface area (Å²) in [5.74, 6) is 0.679. The number of carbonyl (C=O) groups is 1. The lowest BCUT2D eigenvalue weighted by atomic mass is 9.84. The van der Waals surface area contributed by atoms with Crippen LogP contribution in [0.1, 0.15) is 19.3 Å². The number of hydrogen-bond acceptors (Lipinski definition) is 4. The summed E-state index contributed by atoms with van der Waals surface area (Å²) in [7, 11) is 1.74. The van der Waals surface area contributed by atoms with E-state index < -0.39 is 0 Å². The maximum Gasteiger partial charge on any atom is 0.225 e. The summed E-state index contributed by atoms with van der Waals surface area (Å²) in [5.41, 5.74) is 0. The van der Waals surface area contributed by atoms with Crippen molar-refractivity contribution in [3.8, 4) is 0 Å². The molecule has 2 atom stereocenters. The van der Waals surface area contributed by atoms with E-state index in [2.05, 4.69) is 9.80 Å². The minimum Gasteiger partial charge on any atom is -0.383 e. The van der Waals surface area contributed by atoms with Gasteiger partial charge in [-0.1, -0.05) is 6.42 Å². The van der Waals surface area contributed by atoms with Gasteiger partial charge in [-0.15, -0.1) is 0 Å². The predicted molar refractivity (Wildman–Crippen MR) is 70.9 cm³/mol. The fourth-order valence-corrected chi connectivity index (χ4v) is 3.27. The molecule has 0 aromatic rings. The smallest absolute Gasteiger partial charge is 0.225 e. The van der Waals surface area contributed by atoms with Gasteiger partial charge < -0.3 is 14.4 Å². The summed E-state index contributed by atoms with van der Waals surface area (Å²) in [6.07, 6.45) is 3.77. The standard InChI is InChI=1S/C14H24N2O3/c1-18-6-5-15-7-12-9-16(10-13(8-15)19-12)14(17)11-3-2-4-11/h11-13H,2-10H2,1H3.